The van der Waals surface area contributed by atoms with Gasteiger partial charge in [-0.25, -0.2) is 8.42 Å². The van der Waals surface area contributed by atoms with Crippen molar-refractivity contribution in [3.8, 4) is 0 Å². The fourth-order valence-electron chi connectivity index (χ4n) is 0. The Labute approximate surface area is 62.6 Å². The van der Waals surface area contributed by atoms with E-state index in [0.29, 0.717) is 0 Å². The fraction of sp³-hybridized carbons (Fsp3) is 1.00. The quantitative estimate of drug-likeness (QED) is 0.550. The number of halogens is 3. The van der Waals surface area contributed by atoms with Gasteiger partial charge in [0.15, 0.2) is 9.84 Å². The van der Waals surface area contributed by atoms with E-state index in [1.807, 2.05) is 0 Å². The maximum Gasteiger partial charge on any atom is 0.292 e. The summed E-state index contributed by atoms with van der Waals surface area (Å²) in [5, 5.41) is 0. The van der Waals surface area contributed by atoms with E-state index in [4.69, 9.17) is 34.8 Å². The third kappa shape index (κ3) is 2.40. The fourth-order valence-corrected chi connectivity index (χ4v) is 0. The third-order valence-corrected chi connectivity index (χ3v) is 3.78. The van der Waals surface area contributed by atoms with Crippen molar-refractivity contribution in [2.75, 3.05) is 6.26 Å². The molecule has 8 heavy (non-hydrogen) atoms. The smallest absolute Gasteiger partial charge is 0.225 e. The molecule has 0 aromatic rings. The van der Waals surface area contributed by atoms with Crippen LogP contribution in [0.4, 0.5) is 0 Å². The van der Waals surface area contributed by atoms with Crippen molar-refractivity contribution < 1.29 is 8.42 Å². The molecule has 0 unspecified atom stereocenters. The minimum atomic E-state index is -3.54. The first kappa shape index (κ1) is 8.82. The van der Waals surface area contributed by atoms with Crippen LogP contribution >= 0.6 is 34.8 Å². The predicted octanol–water partition coefficient (Wildman–Crippen LogP) is 1.36. The summed E-state index contributed by atoms with van der Waals surface area (Å²) in [6, 6.07) is 0. The zero-order valence-corrected chi connectivity index (χ0v) is 6.94. The highest BCUT2D eigenvalue weighted by molar-refractivity contribution is 7.96. The summed E-state index contributed by atoms with van der Waals surface area (Å²) >= 11 is 14.9. The van der Waals surface area contributed by atoms with Crippen LogP contribution < -0.4 is 0 Å². The van der Waals surface area contributed by atoms with Crippen molar-refractivity contribution >= 4 is 44.6 Å². The Hall–Kier alpha value is 0.820. The molecule has 0 aromatic carbocycles. The molecule has 0 saturated carbocycles. The van der Waals surface area contributed by atoms with Crippen LogP contribution in [-0.4, -0.2) is 17.8 Å². The molecule has 0 spiro atoms. The predicted molar refractivity (Wildman–Crippen MR) is 35.1 cm³/mol. The Balaban J connectivity index is 4.53. The molecular weight excluding hydrogens is 194 g/mol. The molecule has 0 atom stereocenters. The zero-order valence-electron chi connectivity index (χ0n) is 3.86. The van der Waals surface area contributed by atoms with E-state index in [9.17, 15) is 8.42 Å². The van der Waals surface area contributed by atoms with Crippen molar-refractivity contribution in [3.05, 3.63) is 0 Å². The Kier molecular flexibility index (Phi) is 2.44. The molecule has 6 heteroatoms. The molecule has 0 aliphatic heterocycles. The Morgan fingerprint density at radius 1 is 1.25 bits per heavy atom. The Morgan fingerprint density at radius 3 is 1.38 bits per heavy atom. The lowest BCUT2D eigenvalue weighted by Crippen LogP contribution is -2.16. The summed E-state index contributed by atoms with van der Waals surface area (Å²) in [7, 11) is -3.54. The van der Waals surface area contributed by atoms with Gasteiger partial charge in [-0.1, -0.05) is 34.8 Å². The topological polar surface area (TPSA) is 34.1 Å². The number of hydrogen-bond acceptors (Lipinski definition) is 2. The van der Waals surface area contributed by atoms with E-state index in [2.05, 4.69) is 0 Å². The molecule has 0 radical (unpaired) electrons. The van der Waals surface area contributed by atoms with E-state index >= 15 is 0 Å². The van der Waals surface area contributed by atoms with Crippen LogP contribution in [0.15, 0.2) is 0 Å². The lowest BCUT2D eigenvalue weighted by Gasteiger charge is -2.05. The first-order chi connectivity index (χ1) is 3.25. The molecule has 0 saturated heterocycles. The van der Waals surface area contributed by atoms with Gasteiger partial charge in [-0.2, -0.15) is 0 Å². The average Bonchev–Trinajstić information content (AvgIpc) is 1.25. The normalized spacial score (nSPS) is 14.0. The molecule has 2 nitrogen and oxygen atoms in total. The first-order valence-corrected chi connectivity index (χ1v) is 4.54. The summed E-state index contributed by atoms with van der Waals surface area (Å²) in [5.74, 6) is 0. The molecule has 0 amide bonds. The van der Waals surface area contributed by atoms with Gasteiger partial charge >= 0.3 is 0 Å². The molecule has 0 aliphatic rings. The van der Waals surface area contributed by atoms with Gasteiger partial charge in [0, 0.05) is 6.26 Å². The minimum absolute atomic E-state index is 0.847. The molecule has 0 bridgehead atoms. The monoisotopic (exact) mass is 196 g/mol. The maximum absolute atomic E-state index is 10.3. The number of hydrogen-bond donors (Lipinski definition) is 0. The van der Waals surface area contributed by atoms with Gasteiger partial charge in [0.2, 0.25) is 0 Å². The van der Waals surface area contributed by atoms with Gasteiger partial charge in [0.1, 0.15) is 0 Å². The third-order valence-electron chi connectivity index (χ3n) is 0.420. The van der Waals surface area contributed by atoms with Gasteiger partial charge in [-0.3, -0.25) is 0 Å². The molecule has 0 fully saturated rings. The highest BCUT2D eigenvalue weighted by Crippen LogP contribution is 2.31. The van der Waals surface area contributed by atoms with Crippen LogP contribution in [0, 0.1) is 0 Å². The van der Waals surface area contributed by atoms with E-state index < -0.39 is 13.0 Å². The van der Waals surface area contributed by atoms with E-state index in [0.717, 1.165) is 6.26 Å². The van der Waals surface area contributed by atoms with Crippen molar-refractivity contribution in [2.24, 2.45) is 0 Å². The van der Waals surface area contributed by atoms with Crippen LogP contribution in [0.2, 0.25) is 0 Å². The van der Waals surface area contributed by atoms with Crippen molar-refractivity contribution in [1.29, 1.82) is 0 Å². The second-order valence-electron chi connectivity index (χ2n) is 1.22. The number of alkyl halides is 3. The highest BCUT2D eigenvalue weighted by atomic mass is 35.6. The van der Waals surface area contributed by atoms with Crippen LogP contribution in [-0.2, 0) is 9.84 Å². The van der Waals surface area contributed by atoms with Crippen molar-refractivity contribution in [2.45, 2.75) is 3.12 Å². The van der Waals surface area contributed by atoms with Crippen molar-refractivity contribution in [1.82, 2.24) is 0 Å². The van der Waals surface area contributed by atoms with Gasteiger partial charge in [-0.05, 0) is 0 Å². The summed E-state index contributed by atoms with van der Waals surface area (Å²) in [4.78, 5) is 0. The molecule has 0 heterocycles. The summed E-state index contributed by atoms with van der Waals surface area (Å²) < 4.78 is 18.3. The molecule has 50 valence electrons. The molecular formula is C2H3Cl3O2S. The SMILES string of the molecule is CS(=O)(=O)C(Cl)(Cl)Cl. The summed E-state index contributed by atoms with van der Waals surface area (Å²) in [6.07, 6.45) is 0.847. The standard InChI is InChI=1S/C2H3Cl3O2S/c1-8(6,7)2(3,4)5/h1H3. The van der Waals surface area contributed by atoms with Gasteiger partial charge in [0.25, 0.3) is 3.12 Å². The molecule has 0 aliphatic carbocycles. The maximum atomic E-state index is 10.3. The molecule has 0 rings (SSSR count). The lowest BCUT2D eigenvalue weighted by molar-refractivity contribution is 0.602. The lowest BCUT2D eigenvalue weighted by atomic mass is 11.8. The van der Waals surface area contributed by atoms with Gasteiger partial charge in [0.05, 0.1) is 0 Å². The second-order valence-corrected chi connectivity index (χ2v) is 6.33. The first-order valence-electron chi connectivity index (χ1n) is 1.51. The van der Waals surface area contributed by atoms with E-state index in [1.165, 1.54) is 0 Å². The van der Waals surface area contributed by atoms with Crippen LogP contribution in [0.1, 0.15) is 0 Å². The average molecular weight is 197 g/mol. The number of rotatable bonds is 0. The summed E-state index contributed by atoms with van der Waals surface area (Å²) in [5.41, 5.74) is 0. The van der Waals surface area contributed by atoms with Crippen molar-refractivity contribution in [3.63, 3.8) is 0 Å². The Morgan fingerprint density at radius 2 is 1.38 bits per heavy atom. The second kappa shape index (κ2) is 2.21. The highest BCUT2D eigenvalue weighted by Gasteiger charge is 2.32. The molecule has 0 N–H and O–H groups in total. The number of sulfone groups is 1. The van der Waals surface area contributed by atoms with Gasteiger partial charge in [-0.15, -0.1) is 0 Å². The van der Waals surface area contributed by atoms with E-state index in [1.54, 1.807) is 0 Å². The zero-order chi connectivity index (χ0) is 7.00. The Bertz CT molecular complexity index is 164. The largest absolute Gasteiger partial charge is 0.292 e. The van der Waals surface area contributed by atoms with Crippen LogP contribution in [0.5, 0.6) is 0 Å². The minimum Gasteiger partial charge on any atom is -0.225 e. The summed E-state index contributed by atoms with van der Waals surface area (Å²) in [6.45, 7) is 0. The van der Waals surface area contributed by atoms with Crippen LogP contribution in [0.25, 0.3) is 0 Å². The van der Waals surface area contributed by atoms with E-state index in [-0.39, 0.29) is 0 Å². The van der Waals surface area contributed by atoms with Crippen LogP contribution in [0.3, 0.4) is 0 Å². The molecule has 0 aromatic heterocycles. The van der Waals surface area contributed by atoms with Gasteiger partial charge < -0.3 is 0 Å².